The molecular weight excluding hydrogens is 316 g/mol. The SMILES string of the molecule is CC(C)c1c(-c2cccc3ccccc23)ccc2oc3ccccc3c12. The highest BCUT2D eigenvalue weighted by Crippen LogP contribution is 2.42. The molecule has 0 radical (unpaired) electrons. The molecule has 1 aromatic heterocycles. The van der Waals surface area contributed by atoms with Gasteiger partial charge in [0.2, 0.25) is 0 Å². The van der Waals surface area contributed by atoms with E-state index in [0.717, 1.165) is 11.2 Å². The lowest BCUT2D eigenvalue weighted by Gasteiger charge is -2.16. The van der Waals surface area contributed by atoms with Gasteiger partial charge in [-0.2, -0.15) is 0 Å². The van der Waals surface area contributed by atoms with E-state index in [0.29, 0.717) is 5.92 Å². The van der Waals surface area contributed by atoms with Crippen molar-refractivity contribution in [2.75, 3.05) is 0 Å². The van der Waals surface area contributed by atoms with Gasteiger partial charge in [0.15, 0.2) is 0 Å². The van der Waals surface area contributed by atoms with Crippen LogP contribution in [0.1, 0.15) is 25.3 Å². The topological polar surface area (TPSA) is 13.1 Å². The number of para-hydroxylation sites is 1. The molecule has 5 aromatic rings. The molecule has 0 bridgehead atoms. The van der Waals surface area contributed by atoms with Crippen LogP contribution in [-0.4, -0.2) is 0 Å². The number of benzene rings is 4. The molecule has 0 N–H and O–H groups in total. The fourth-order valence-electron chi connectivity index (χ4n) is 4.14. The van der Waals surface area contributed by atoms with Gasteiger partial charge in [-0.15, -0.1) is 0 Å². The van der Waals surface area contributed by atoms with Crippen molar-refractivity contribution in [1.29, 1.82) is 0 Å². The van der Waals surface area contributed by atoms with Crippen molar-refractivity contribution >= 4 is 32.7 Å². The Morgan fingerprint density at radius 1 is 0.615 bits per heavy atom. The second kappa shape index (κ2) is 5.74. The normalized spacial score (nSPS) is 11.8. The number of rotatable bonds is 2. The molecule has 5 rings (SSSR count). The van der Waals surface area contributed by atoms with Crippen LogP contribution in [0.3, 0.4) is 0 Å². The molecule has 0 aliphatic carbocycles. The van der Waals surface area contributed by atoms with Crippen LogP contribution in [0.25, 0.3) is 43.8 Å². The Morgan fingerprint density at radius 3 is 2.19 bits per heavy atom. The van der Waals surface area contributed by atoms with Crippen molar-refractivity contribution in [3.8, 4) is 11.1 Å². The molecule has 1 nitrogen and oxygen atoms in total. The van der Waals surface area contributed by atoms with Crippen molar-refractivity contribution in [1.82, 2.24) is 0 Å². The number of hydrogen-bond donors (Lipinski definition) is 0. The average molecular weight is 336 g/mol. The third kappa shape index (κ3) is 2.17. The monoisotopic (exact) mass is 336 g/mol. The van der Waals surface area contributed by atoms with Gasteiger partial charge in [-0.25, -0.2) is 0 Å². The third-order valence-electron chi connectivity index (χ3n) is 5.24. The maximum absolute atomic E-state index is 6.12. The summed E-state index contributed by atoms with van der Waals surface area (Å²) in [6, 6.07) is 27.9. The number of hydrogen-bond acceptors (Lipinski definition) is 1. The van der Waals surface area contributed by atoms with Crippen LogP contribution in [0.4, 0.5) is 0 Å². The minimum Gasteiger partial charge on any atom is -0.456 e. The molecule has 1 heteroatoms. The largest absolute Gasteiger partial charge is 0.456 e. The summed E-state index contributed by atoms with van der Waals surface area (Å²) in [6.07, 6.45) is 0. The molecule has 0 atom stereocenters. The van der Waals surface area contributed by atoms with Gasteiger partial charge in [0, 0.05) is 10.8 Å². The van der Waals surface area contributed by atoms with E-state index in [1.807, 2.05) is 6.07 Å². The van der Waals surface area contributed by atoms with E-state index in [1.165, 1.54) is 38.2 Å². The molecule has 0 fully saturated rings. The molecule has 26 heavy (non-hydrogen) atoms. The predicted molar refractivity (Wildman–Crippen MR) is 111 cm³/mol. The van der Waals surface area contributed by atoms with E-state index in [1.54, 1.807) is 0 Å². The Morgan fingerprint density at radius 2 is 1.35 bits per heavy atom. The fraction of sp³-hybridized carbons (Fsp3) is 0.120. The predicted octanol–water partition coefficient (Wildman–Crippen LogP) is 7.53. The summed E-state index contributed by atoms with van der Waals surface area (Å²) in [5.41, 5.74) is 5.89. The smallest absolute Gasteiger partial charge is 0.135 e. The first-order valence-electron chi connectivity index (χ1n) is 9.16. The summed E-state index contributed by atoms with van der Waals surface area (Å²) in [4.78, 5) is 0. The summed E-state index contributed by atoms with van der Waals surface area (Å²) < 4.78 is 6.12. The molecule has 0 spiro atoms. The maximum Gasteiger partial charge on any atom is 0.135 e. The van der Waals surface area contributed by atoms with Gasteiger partial charge in [-0.05, 0) is 45.5 Å². The van der Waals surface area contributed by atoms with Crippen LogP contribution < -0.4 is 0 Å². The van der Waals surface area contributed by atoms with Gasteiger partial charge in [0.25, 0.3) is 0 Å². The molecule has 1 heterocycles. The second-order valence-electron chi connectivity index (χ2n) is 7.18. The first-order valence-corrected chi connectivity index (χ1v) is 9.16. The Balaban J connectivity index is 1.94. The zero-order chi connectivity index (χ0) is 17.7. The Kier molecular flexibility index (Phi) is 3.36. The molecule has 0 saturated carbocycles. The number of furan rings is 1. The van der Waals surface area contributed by atoms with Crippen molar-refractivity contribution in [2.45, 2.75) is 19.8 Å². The van der Waals surface area contributed by atoms with Crippen molar-refractivity contribution in [2.24, 2.45) is 0 Å². The van der Waals surface area contributed by atoms with Gasteiger partial charge in [-0.3, -0.25) is 0 Å². The van der Waals surface area contributed by atoms with Gasteiger partial charge in [0.05, 0.1) is 0 Å². The fourth-order valence-corrected chi connectivity index (χ4v) is 4.14. The Bertz CT molecular complexity index is 1250. The quantitative estimate of drug-likeness (QED) is 0.325. The highest BCUT2D eigenvalue weighted by atomic mass is 16.3. The molecule has 0 unspecified atom stereocenters. The van der Waals surface area contributed by atoms with Gasteiger partial charge in [-0.1, -0.05) is 80.6 Å². The Hall–Kier alpha value is -3.06. The van der Waals surface area contributed by atoms with E-state index in [4.69, 9.17) is 4.42 Å². The van der Waals surface area contributed by atoms with Crippen LogP contribution >= 0.6 is 0 Å². The van der Waals surface area contributed by atoms with Gasteiger partial charge < -0.3 is 4.42 Å². The highest BCUT2D eigenvalue weighted by Gasteiger charge is 2.18. The van der Waals surface area contributed by atoms with Crippen molar-refractivity contribution in [3.05, 3.63) is 84.4 Å². The second-order valence-corrected chi connectivity index (χ2v) is 7.18. The van der Waals surface area contributed by atoms with Crippen LogP contribution in [0.2, 0.25) is 0 Å². The van der Waals surface area contributed by atoms with Gasteiger partial charge >= 0.3 is 0 Å². The Labute approximate surface area is 152 Å². The molecule has 0 amide bonds. The van der Waals surface area contributed by atoms with Crippen molar-refractivity contribution < 1.29 is 4.42 Å². The molecule has 126 valence electrons. The van der Waals surface area contributed by atoms with Gasteiger partial charge in [0.1, 0.15) is 11.2 Å². The van der Waals surface area contributed by atoms with Crippen LogP contribution in [0.15, 0.2) is 83.3 Å². The first kappa shape index (κ1) is 15.2. The minimum absolute atomic E-state index is 0.397. The maximum atomic E-state index is 6.12. The lowest BCUT2D eigenvalue weighted by atomic mass is 9.87. The zero-order valence-corrected chi connectivity index (χ0v) is 15.0. The van der Waals surface area contributed by atoms with E-state index in [9.17, 15) is 0 Å². The first-order chi connectivity index (χ1) is 12.7. The summed E-state index contributed by atoms with van der Waals surface area (Å²) in [6.45, 7) is 4.54. The minimum atomic E-state index is 0.397. The zero-order valence-electron chi connectivity index (χ0n) is 15.0. The summed E-state index contributed by atoms with van der Waals surface area (Å²) >= 11 is 0. The van der Waals surface area contributed by atoms with E-state index >= 15 is 0 Å². The van der Waals surface area contributed by atoms with E-state index in [-0.39, 0.29) is 0 Å². The van der Waals surface area contributed by atoms with E-state index < -0.39 is 0 Å². The van der Waals surface area contributed by atoms with Crippen LogP contribution in [0.5, 0.6) is 0 Å². The summed E-state index contributed by atoms with van der Waals surface area (Å²) in [5, 5.41) is 5.02. The summed E-state index contributed by atoms with van der Waals surface area (Å²) in [7, 11) is 0. The van der Waals surface area contributed by atoms with E-state index in [2.05, 4.69) is 86.6 Å². The standard InChI is InChI=1S/C25H20O/c1-16(2)24-20(19-12-7-9-17-8-3-4-10-18(17)19)14-15-23-25(24)21-11-5-6-13-22(21)26-23/h3-16H,1-2H3. The molecular formula is C25H20O. The molecule has 0 saturated heterocycles. The van der Waals surface area contributed by atoms with Crippen LogP contribution in [0, 0.1) is 0 Å². The van der Waals surface area contributed by atoms with Crippen molar-refractivity contribution in [3.63, 3.8) is 0 Å². The third-order valence-corrected chi connectivity index (χ3v) is 5.24. The lowest BCUT2D eigenvalue weighted by molar-refractivity contribution is 0.668. The molecule has 0 aliphatic rings. The highest BCUT2D eigenvalue weighted by molar-refractivity contribution is 6.10. The summed E-state index contributed by atoms with van der Waals surface area (Å²) in [5.74, 6) is 0.397. The average Bonchev–Trinajstić information content (AvgIpc) is 3.05. The van der Waals surface area contributed by atoms with Crippen LogP contribution in [-0.2, 0) is 0 Å². The molecule has 0 aliphatic heterocycles. The lowest BCUT2D eigenvalue weighted by Crippen LogP contribution is -1.94. The number of fused-ring (bicyclic) bond motifs is 4. The molecule has 4 aromatic carbocycles.